The minimum Gasteiger partial charge on any atom is -0.502 e. The Labute approximate surface area is 105 Å². The zero-order valence-electron chi connectivity index (χ0n) is 8.94. The third-order valence-electron chi connectivity index (χ3n) is 2.79. The first kappa shape index (κ1) is 11.8. The van der Waals surface area contributed by atoms with Gasteiger partial charge in [0.2, 0.25) is 5.75 Å². The van der Waals surface area contributed by atoms with E-state index < -0.39 is 22.3 Å². The molecule has 2 rings (SSSR count). The molecule has 17 heavy (non-hydrogen) atoms. The number of hydrogen-bond donors (Lipinski definition) is 1. The quantitative estimate of drug-likeness (QED) is 0.632. The molecule has 0 fully saturated rings. The second-order valence-corrected chi connectivity index (χ2v) is 4.67. The number of likely N-dealkylation sites (N-methyl/N-ethyl adjacent to an activating group) is 1. The predicted molar refractivity (Wildman–Crippen MR) is 63.1 cm³/mol. The molecule has 1 aliphatic heterocycles. The van der Waals surface area contributed by atoms with E-state index in [-0.39, 0.29) is 5.56 Å². The molecule has 0 aromatic heterocycles. The summed E-state index contributed by atoms with van der Waals surface area (Å²) in [6.45, 7) is 0.529. The van der Waals surface area contributed by atoms with E-state index in [1.807, 2.05) is 0 Å². The third kappa shape index (κ3) is 1.76. The Morgan fingerprint density at radius 2 is 2.24 bits per heavy atom. The maximum absolute atomic E-state index is 11.9. The van der Waals surface area contributed by atoms with Crippen LogP contribution in [0, 0.1) is 10.1 Å². The van der Waals surface area contributed by atoms with Gasteiger partial charge in [0.05, 0.1) is 10.5 Å². The Kier molecular flexibility index (Phi) is 2.78. The van der Waals surface area contributed by atoms with Crippen molar-refractivity contribution in [2.24, 2.45) is 0 Å². The number of nitro benzene ring substituents is 1. The molecule has 0 aliphatic carbocycles. The second kappa shape index (κ2) is 3.99. The molecule has 1 aliphatic rings. The highest BCUT2D eigenvalue weighted by Gasteiger charge is 2.32. The van der Waals surface area contributed by atoms with Gasteiger partial charge in [0.15, 0.2) is 0 Å². The van der Waals surface area contributed by atoms with E-state index in [4.69, 9.17) is 0 Å². The number of halogens is 1. The van der Waals surface area contributed by atoms with Crippen molar-refractivity contribution in [3.8, 4) is 5.75 Å². The summed E-state index contributed by atoms with van der Waals surface area (Å²) in [4.78, 5) is 23.4. The molecule has 90 valence electrons. The monoisotopic (exact) mass is 300 g/mol. The van der Waals surface area contributed by atoms with E-state index in [1.165, 1.54) is 11.0 Å². The Balaban J connectivity index is 2.73. The highest BCUT2D eigenvalue weighted by Crippen LogP contribution is 2.39. The molecule has 0 atom stereocenters. The van der Waals surface area contributed by atoms with E-state index in [1.54, 1.807) is 7.05 Å². The van der Waals surface area contributed by atoms with Crippen molar-refractivity contribution in [1.82, 2.24) is 4.90 Å². The number of hydrogen-bond acceptors (Lipinski definition) is 4. The van der Waals surface area contributed by atoms with Gasteiger partial charge in [-0.3, -0.25) is 14.9 Å². The average Bonchev–Trinajstić information content (AvgIpc) is 2.26. The third-order valence-corrected chi connectivity index (χ3v) is 3.49. The number of nitrogens with zero attached hydrogens (tertiary/aromatic N) is 2. The predicted octanol–water partition coefficient (Wildman–Crippen LogP) is 1.69. The summed E-state index contributed by atoms with van der Waals surface area (Å²) in [5.41, 5.74) is 0.190. The van der Waals surface area contributed by atoms with Gasteiger partial charge in [0, 0.05) is 24.1 Å². The van der Waals surface area contributed by atoms with E-state index in [0.29, 0.717) is 23.0 Å². The van der Waals surface area contributed by atoms with Crippen molar-refractivity contribution in [1.29, 1.82) is 0 Å². The molecule has 0 unspecified atom stereocenters. The normalized spacial score (nSPS) is 14.7. The van der Waals surface area contributed by atoms with E-state index >= 15 is 0 Å². The molecular formula is C10H9BrN2O4. The first-order chi connectivity index (χ1) is 7.93. The maximum Gasteiger partial charge on any atom is 0.312 e. The first-order valence-corrected chi connectivity index (χ1v) is 5.67. The Morgan fingerprint density at radius 3 is 2.82 bits per heavy atom. The van der Waals surface area contributed by atoms with Crippen LogP contribution in [-0.4, -0.2) is 34.4 Å². The van der Waals surface area contributed by atoms with Crippen molar-refractivity contribution >= 4 is 27.5 Å². The summed E-state index contributed by atoms with van der Waals surface area (Å²) in [7, 11) is 1.59. The number of nitro groups is 1. The molecule has 0 radical (unpaired) electrons. The number of carbonyl (C=O) groups is 1. The number of aromatic hydroxyl groups is 1. The van der Waals surface area contributed by atoms with Gasteiger partial charge in [-0.25, -0.2) is 0 Å². The number of amides is 1. The zero-order chi connectivity index (χ0) is 12.7. The topological polar surface area (TPSA) is 83.7 Å². The zero-order valence-corrected chi connectivity index (χ0v) is 10.5. The van der Waals surface area contributed by atoms with Gasteiger partial charge >= 0.3 is 5.69 Å². The second-order valence-electron chi connectivity index (χ2n) is 3.81. The van der Waals surface area contributed by atoms with Crippen molar-refractivity contribution in [3.63, 3.8) is 0 Å². The van der Waals surface area contributed by atoms with Gasteiger partial charge in [0.1, 0.15) is 0 Å². The molecule has 6 nitrogen and oxygen atoms in total. The average molecular weight is 301 g/mol. The summed E-state index contributed by atoms with van der Waals surface area (Å²) in [5.74, 6) is -0.946. The van der Waals surface area contributed by atoms with Crippen molar-refractivity contribution in [2.75, 3.05) is 13.6 Å². The first-order valence-electron chi connectivity index (χ1n) is 4.87. The fourth-order valence-electron chi connectivity index (χ4n) is 1.85. The molecule has 0 saturated carbocycles. The van der Waals surface area contributed by atoms with Crippen LogP contribution in [0.1, 0.15) is 15.9 Å². The molecule has 1 aromatic carbocycles. The van der Waals surface area contributed by atoms with Gasteiger partial charge in [-0.15, -0.1) is 0 Å². The number of rotatable bonds is 1. The van der Waals surface area contributed by atoms with E-state index in [0.717, 1.165) is 0 Å². The van der Waals surface area contributed by atoms with Crippen molar-refractivity contribution in [2.45, 2.75) is 6.42 Å². The molecule has 0 bridgehead atoms. The summed E-state index contributed by atoms with van der Waals surface area (Å²) >= 11 is 3.20. The van der Waals surface area contributed by atoms with Crippen LogP contribution >= 0.6 is 15.9 Å². The lowest BCUT2D eigenvalue weighted by molar-refractivity contribution is -0.386. The van der Waals surface area contributed by atoms with Crippen molar-refractivity contribution < 1.29 is 14.8 Å². The molecule has 7 heteroatoms. The van der Waals surface area contributed by atoms with Crippen LogP contribution in [0.5, 0.6) is 5.75 Å². The summed E-state index contributed by atoms with van der Waals surface area (Å²) in [6, 6.07) is 1.23. The summed E-state index contributed by atoms with van der Waals surface area (Å²) in [6.07, 6.45) is 0.559. The van der Waals surface area contributed by atoms with Crippen molar-refractivity contribution in [3.05, 3.63) is 31.8 Å². The summed E-state index contributed by atoms with van der Waals surface area (Å²) in [5, 5.41) is 20.6. The number of benzene rings is 1. The Hall–Kier alpha value is -1.63. The molecule has 0 spiro atoms. The van der Waals surface area contributed by atoms with Gasteiger partial charge in [-0.05, 0) is 12.0 Å². The van der Waals surface area contributed by atoms with Crippen LogP contribution in [0.25, 0.3) is 0 Å². The lowest BCUT2D eigenvalue weighted by Crippen LogP contribution is -2.34. The number of fused-ring (bicyclic) bond motifs is 1. The largest absolute Gasteiger partial charge is 0.502 e. The number of phenols is 1. The maximum atomic E-state index is 11.9. The lowest BCUT2D eigenvalue weighted by Gasteiger charge is -2.25. The van der Waals surface area contributed by atoms with Crippen LogP contribution in [0.2, 0.25) is 0 Å². The Morgan fingerprint density at radius 1 is 1.59 bits per heavy atom. The summed E-state index contributed by atoms with van der Waals surface area (Å²) < 4.78 is 0.485. The van der Waals surface area contributed by atoms with E-state index in [2.05, 4.69) is 15.9 Å². The van der Waals surface area contributed by atoms with Gasteiger partial charge in [-0.2, -0.15) is 0 Å². The molecular weight excluding hydrogens is 292 g/mol. The molecule has 1 amide bonds. The smallest absolute Gasteiger partial charge is 0.312 e. The lowest BCUT2D eigenvalue weighted by atomic mass is 9.97. The minimum absolute atomic E-state index is 0.0276. The highest BCUT2D eigenvalue weighted by molar-refractivity contribution is 9.10. The number of carbonyl (C=O) groups excluding carboxylic acids is 1. The standard InChI is InChI=1S/C10H9BrN2O4/c1-12-3-2-5-6(11)4-7(13(16)17)9(14)8(5)10(12)15/h4,14H,2-3H2,1H3. The Bertz CT molecular complexity index is 530. The van der Waals surface area contributed by atoms with Crippen LogP contribution in [0.3, 0.4) is 0 Å². The van der Waals surface area contributed by atoms with Crippen LogP contribution in [0.15, 0.2) is 10.5 Å². The highest BCUT2D eigenvalue weighted by atomic mass is 79.9. The fraction of sp³-hybridized carbons (Fsp3) is 0.300. The van der Waals surface area contributed by atoms with Gasteiger partial charge < -0.3 is 10.0 Å². The van der Waals surface area contributed by atoms with Gasteiger partial charge in [-0.1, -0.05) is 15.9 Å². The SMILES string of the molecule is CN1CCc2c(Br)cc([N+](=O)[O-])c(O)c2C1=O. The van der Waals surface area contributed by atoms with E-state index in [9.17, 15) is 20.0 Å². The molecule has 1 aromatic rings. The van der Waals surface area contributed by atoms with Crippen LogP contribution in [-0.2, 0) is 6.42 Å². The molecule has 0 saturated heterocycles. The molecule has 1 heterocycles. The minimum atomic E-state index is -0.706. The van der Waals surface area contributed by atoms with Crippen LogP contribution < -0.4 is 0 Å². The molecule has 1 N–H and O–H groups in total. The fourth-order valence-corrected chi connectivity index (χ4v) is 2.47. The van der Waals surface area contributed by atoms with Gasteiger partial charge in [0.25, 0.3) is 5.91 Å². The van der Waals surface area contributed by atoms with Crippen LogP contribution in [0.4, 0.5) is 5.69 Å². The number of phenolic OH excluding ortho intramolecular Hbond substituents is 1.